The molecule has 0 aliphatic carbocycles. The van der Waals surface area contributed by atoms with Gasteiger partial charge in [0.2, 0.25) is 0 Å². The van der Waals surface area contributed by atoms with Crippen LogP contribution in [0.3, 0.4) is 0 Å². The molecule has 19 heavy (non-hydrogen) atoms. The summed E-state index contributed by atoms with van der Waals surface area (Å²) in [5.74, 6) is 0.807. The van der Waals surface area contributed by atoms with Crippen molar-refractivity contribution in [2.45, 2.75) is 52.1 Å². The number of piperidine rings is 1. The average molecular weight is 280 g/mol. The Morgan fingerprint density at radius 2 is 2.32 bits per heavy atom. The molecule has 1 aromatic rings. The number of nitrogens with zero attached hydrogens (tertiary/aromatic N) is 1. The molecule has 3 heteroatoms. The summed E-state index contributed by atoms with van der Waals surface area (Å²) in [6.45, 7) is 10.8. The van der Waals surface area contributed by atoms with Crippen molar-refractivity contribution in [1.29, 1.82) is 0 Å². The van der Waals surface area contributed by atoms with E-state index < -0.39 is 0 Å². The largest absolute Gasteiger partial charge is 0.307 e. The summed E-state index contributed by atoms with van der Waals surface area (Å²) in [5.41, 5.74) is 1.43. The molecular formula is C16H28N2S. The molecule has 0 spiro atoms. The van der Waals surface area contributed by atoms with E-state index in [1.54, 1.807) is 11.3 Å². The van der Waals surface area contributed by atoms with Gasteiger partial charge in [-0.3, -0.25) is 0 Å². The van der Waals surface area contributed by atoms with Crippen molar-refractivity contribution in [2.75, 3.05) is 19.6 Å². The molecule has 2 rings (SSSR count). The third-order valence-corrected chi connectivity index (χ3v) is 5.05. The van der Waals surface area contributed by atoms with Crippen molar-refractivity contribution in [2.24, 2.45) is 5.92 Å². The van der Waals surface area contributed by atoms with E-state index in [-0.39, 0.29) is 0 Å². The lowest BCUT2D eigenvalue weighted by Crippen LogP contribution is -2.45. The smallest absolute Gasteiger partial charge is 0.0302 e. The number of likely N-dealkylation sites (tertiary alicyclic amines) is 1. The van der Waals surface area contributed by atoms with Gasteiger partial charge < -0.3 is 10.2 Å². The Hall–Kier alpha value is -0.380. The summed E-state index contributed by atoms with van der Waals surface area (Å²) >= 11 is 1.79. The Morgan fingerprint density at radius 3 is 3.00 bits per heavy atom. The molecule has 1 saturated heterocycles. The first-order valence-electron chi connectivity index (χ1n) is 7.71. The van der Waals surface area contributed by atoms with Crippen molar-refractivity contribution >= 4 is 11.3 Å². The van der Waals surface area contributed by atoms with Crippen molar-refractivity contribution in [3.63, 3.8) is 0 Å². The lowest BCUT2D eigenvalue weighted by atomic mass is 9.91. The summed E-state index contributed by atoms with van der Waals surface area (Å²) in [6, 6.07) is 3.32. The third kappa shape index (κ3) is 4.30. The van der Waals surface area contributed by atoms with Gasteiger partial charge in [-0.05, 0) is 74.5 Å². The molecule has 0 radical (unpaired) electrons. The van der Waals surface area contributed by atoms with Gasteiger partial charge >= 0.3 is 0 Å². The number of thiophene rings is 1. The Bertz CT molecular complexity index is 348. The highest BCUT2D eigenvalue weighted by atomic mass is 32.1. The highest BCUT2D eigenvalue weighted by molar-refractivity contribution is 7.07. The van der Waals surface area contributed by atoms with Crippen molar-refractivity contribution in [3.05, 3.63) is 22.4 Å². The van der Waals surface area contributed by atoms with Crippen LogP contribution in [-0.2, 0) is 0 Å². The fourth-order valence-electron chi connectivity index (χ4n) is 3.17. The van der Waals surface area contributed by atoms with Crippen LogP contribution in [0.4, 0.5) is 0 Å². The van der Waals surface area contributed by atoms with Gasteiger partial charge in [0.25, 0.3) is 0 Å². The van der Waals surface area contributed by atoms with Crippen molar-refractivity contribution in [1.82, 2.24) is 10.2 Å². The zero-order valence-electron chi connectivity index (χ0n) is 12.6. The summed E-state index contributed by atoms with van der Waals surface area (Å²) in [6.07, 6.45) is 4.02. The monoisotopic (exact) mass is 280 g/mol. The zero-order valence-corrected chi connectivity index (χ0v) is 13.4. The van der Waals surface area contributed by atoms with E-state index in [2.05, 4.69) is 47.8 Å². The molecule has 1 aliphatic heterocycles. The van der Waals surface area contributed by atoms with Gasteiger partial charge in [-0.25, -0.2) is 0 Å². The second kappa shape index (κ2) is 7.41. The SMILES string of the molecule is CCCN1CCCC(C(C)NC(C)c2ccsc2)C1. The highest BCUT2D eigenvalue weighted by Gasteiger charge is 2.25. The fourth-order valence-corrected chi connectivity index (χ4v) is 3.92. The molecule has 2 nitrogen and oxygen atoms in total. The predicted molar refractivity (Wildman–Crippen MR) is 84.8 cm³/mol. The van der Waals surface area contributed by atoms with E-state index in [0.717, 1.165) is 5.92 Å². The molecule has 1 aromatic heterocycles. The molecule has 108 valence electrons. The molecule has 2 heterocycles. The molecule has 3 atom stereocenters. The van der Waals surface area contributed by atoms with Crippen LogP contribution < -0.4 is 5.32 Å². The van der Waals surface area contributed by atoms with Gasteiger partial charge in [-0.15, -0.1) is 0 Å². The normalized spacial score (nSPS) is 24.3. The maximum absolute atomic E-state index is 3.79. The van der Waals surface area contributed by atoms with Gasteiger partial charge in [0.05, 0.1) is 0 Å². The number of nitrogens with one attached hydrogen (secondary N) is 1. The lowest BCUT2D eigenvalue weighted by Gasteiger charge is -2.37. The molecule has 0 saturated carbocycles. The molecular weight excluding hydrogens is 252 g/mol. The maximum Gasteiger partial charge on any atom is 0.0302 e. The van der Waals surface area contributed by atoms with Crippen LogP contribution in [0.15, 0.2) is 16.8 Å². The first-order valence-corrected chi connectivity index (χ1v) is 8.65. The minimum atomic E-state index is 0.475. The second-order valence-electron chi connectivity index (χ2n) is 5.94. The van der Waals surface area contributed by atoms with Crippen LogP contribution in [0.1, 0.15) is 51.6 Å². The minimum Gasteiger partial charge on any atom is -0.307 e. The van der Waals surface area contributed by atoms with Crippen LogP contribution in [0.2, 0.25) is 0 Å². The van der Waals surface area contributed by atoms with Crippen molar-refractivity contribution in [3.8, 4) is 0 Å². The quantitative estimate of drug-likeness (QED) is 0.850. The van der Waals surface area contributed by atoms with E-state index in [0.29, 0.717) is 12.1 Å². The molecule has 1 fully saturated rings. The Balaban J connectivity index is 1.83. The maximum atomic E-state index is 3.79. The van der Waals surface area contributed by atoms with Crippen LogP contribution in [0.25, 0.3) is 0 Å². The second-order valence-corrected chi connectivity index (χ2v) is 6.72. The summed E-state index contributed by atoms with van der Waals surface area (Å²) in [4.78, 5) is 2.64. The van der Waals surface area contributed by atoms with E-state index in [9.17, 15) is 0 Å². The Morgan fingerprint density at radius 1 is 1.47 bits per heavy atom. The molecule has 1 aliphatic rings. The molecule has 0 amide bonds. The summed E-state index contributed by atoms with van der Waals surface area (Å²) in [7, 11) is 0. The van der Waals surface area contributed by atoms with E-state index in [1.807, 2.05) is 0 Å². The number of rotatable bonds is 6. The molecule has 0 bridgehead atoms. The number of hydrogen-bond acceptors (Lipinski definition) is 3. The first-order chi connectivity index (χ1) is 9.20. The van der Waals surface area contributed by atoms with E-state index in [4.69, 9.17) is 0 Å². The lowest BCUT2D eigenvalue weighted by molar-refractivity contribution is 0.147. The molecule has 0 aromatic carbocycles. The van der Waals surface area contributed by atoms with Crippen LogP contribution >= 0.6 is 11.3 Å². The molecule has 1 N–H and O–H groups in total. The van der Waals surface area contributed by atoms with Crippen LogP contribution in [0, 0.1) is 5.92 Å². The van der Waals surface area contributed by atoms with Crippen LogP contribution in [-0.4, -0.2) is 30.6 Å². The molecule has 3 unspecified atom stereocenters. The minimum absolute atomic E-state index is 0.475. The van der Waals surface area contributed by atoms with Gasteiger partial charge in [0.1, 0.15) is 0 Å². The standard InChI is InChI=1S/C16H28N2S/c1-4-8-18-9-5-6-15(11-18)13(2)17-14(3)16-7-10-19-12-16/h7,10,12-15,17H,4-6,8-9,11H2,1-3H3. The van der Waals surface area contributed by atoms with E-state index >= 15 is 0 Å². The summed E-state index contributed by atoms with van der Waals surface area (Å²) < 4.78 is 0. The Kier molecular flexibility index (Phi) is 5.86. The van der Waals surface area contributed by atoms with E-state index in [1.165, 1.54) is 44.5 Å². The van der Waals surface area contributed by atoms with Gasteiger partial charge in [-0.2, -0.15) is 11.3 Å². The Labute approximate surface area is 122 Å². The first kappa shape index (κ1) is 15.0. The fraction of sp³-hybridized carbons (Fsp3) is 0.750. The predicted octanol–water partition coefficient (Wildman–Crippen LogP) is 3.91. The van der Waals surface area contributed by atoms with Gasteiger partial charge in [0.15, 0.2) is 0 Å². The topological polar surface area (TPSA) is 15.3 Å². The van der Waals surface area contributed by atoms with Gasteiger partial charge in [-0.1, -0.05) is 6.92 Å². The average Bonchev–Trinajstić information content (AvgIpc) is 2.93. The highest BCUT2D eigenvalue weighted by Crippen LogP contribution is 2.23. The number of hydrogen-bond donors (Lipinski definition) is 1. The van der Waals surface area contributed by atoms with Gasteiger partial charge in [0, 0.05) is 18.6 Å². The zero-order chi connectivity index (χ0) is 13.7. The van der Waals surface area contributed by atoms with Crippen LogP contribution in [0.5, 0.6) is 0 Å². The summed E-state index contributed by atoms with van der Waals surface area (Å²) in [5, 5.41) is 8.22. The third-order valence-electron chi connectivity index (χ3n) is 4.34. The van der Waals surface area contributed by atoms with Crippen molar-refractivity contribution < 1.29 is 0 Å².